The van der Waals surface area contributed by atoms with E-state index in [1.165, 1.54) is 0 Å². The van der Waals surface area contributed by atoms with Gasteiger partial charge in [0.05, 0.1) is 6.42 Å². The lowest BCUT2D eigenvalue weighted by atomic mass is 9.99. The van der Waals surface area contributed by atoms with Crippen molar-refractivity contribution in [3.8, 4) is 0 Å². The van der Waals surface area contributed by atoms with Crippen LogP contribution in [-0.4, -0.2) is 18.4 Å². The van der Waals surface area contributed by atoms with E-state index in [4.69, 9.17) is 11.6 Å². The third-order valence-electron chi connectivity index (χ3n) is 4.39. The lowest BCUT2D eigenvalue weighted by Gasteiger charge is -2.31. The van der Waals surface area contributed by atoms with Crippen LogP contribution in [0.5, 0.6) is 0 Å². The predicted octanol–water partition coefficient (Wildman–Crippen LogP) is 4.46. The molecule has 0 saturated heterocycles. The Hall–Kier alpha value is -2.33. The van der Waals surface area contributed by atoms with Crippen LogP contribution in [0.3, 0.4) is 0 Å². The van der Waals surface area contributed by atoms with Crippen molar-refractivity contribution < 1.29 is 9.59 Å². The molecular weight excluding hydrogens is 348 g/mol. The number of halogens is 1. The summed E-state index contributed by atoms with van der Waals surface area (Å²) in [5.41, 5.74) is 3.75. The highest BCUT2D eigenvalue weighted by Gasteiger charge is 2.24. The Kier molecular flexibility index (Phi) is 5.62. The highest BCUT2D eigenvalue weighted by Crippen LogP contribution is 2.31. The third kappa shape index (κ3) is 4.44. The first kappa shape index (κ1) is 18.5. The van der Waals surface area contributed by atoms with E-state index in [-0.39, 0.29) is 11.8 Å². The van der Waals surface area contributed by atoms with Crippen molar-refractivity contribution in [3.05, 3.63) is 58.6 Å². The average molecular weight is 371 g/mol. The van der Waals surface area contributed by atoms with Crippen LogP contribution in [0.1, 0.15) is 31.4 Å². The number of nitrogens with zero attached hydrogens (tertiary/aromatic N) is 1. The van der Waals surface area contributed by atoms with Gasteiger partial charge in [0.1, 0.15) is 0 Å². The van der Waals surface area contributed by atoms with E-state index in [1.54, 1.807) is 12.1 Å². The second-order valence-corrected chi connectivity index (χ2v) is 7.53. The van der Waals surface area contributed by atoms with Crippen LogP contribution in [0, 0.1) is 5.92 Å². The fourth-order valence-corrected chi connectivity index (χ4v) is 3.32. The zero-order chi connectivity index (χ0) is 18.7. The number of carbonyl (C=O) groups excluding carboxylic acids is 2. The van der Waals surface area contributed by atoms with Gasteiger partial charge in [-0.05, 0) is 53.8 Å². The van der Waals surface area contributed by atoms with E-state index in [2.05, 4.69) is 19.2 Å². The van der Waals surface area contributed by atoms with E-state index < -0.39 is 0 Å². The number of anilines is 2. The Morgan fingerprint density at radius 1 is 1.15 bits per heavy atom. The van der Waals surface area contributed by atoms with Gasteiger partial charge < -0.3 is 10.2 Å². The molecule has 2 aromatic rings. The molecule has 0 bridgehead atoms. The van der Waals surface area contributed by atoms with Crippen LogP contribution in [0.15, 0.2) is 42.5 Å². The molecule has 0 saturated carbocycles. The number of carbonyl (C=O) groups is 2. The largest absolute Gasteiger partial charge is 0.326 e. The summed E-state index contributed by atoms with van der Waals surface area (Å²) in [4.78, 5) is 26.4. The van der Waals surface area contributed by atoms with Crippen molar-refractivity contribution in [1.82, 2.24) is 0 Å². The molecule has 1 N–H and O–H groups in total. The van der Waals surface area contributed by atoms with E-state index in [0.29, 0.717) is 36.7 Å². The molecular formula is C21H23ClN2O2. The van der Waals surface area contributed by atoms with E-state index in [0.717, 1.165) is 22.5 Å². The summed E-state index contributed by atoms with van der Waals surface area (Å²) in [7, 11) is 0. The van der Waals surface area contributed by atoms with Crippen molar-refractivity contribution >= 4 is 34.8 Å². The molecule has 0 fully saturated rings. The predicted molar refractivity (Wildman–Crippen MR) is 106 cm³/mol. The molecule has 0 radical (unpaired) electrons. The minimum absolute atomic E-state index is 0.0711. The van der Waals surface area contributed by atoms with Gasteiger partial charge in [-0.3, -0.25) is 9.59 Å². The molecule has 0 aromatic heterocycles. The molecule has 3 rings (SSSR count). The van der Waals surface area contributed by atoms with Crippen LogP contribution in [0.4, 0.5) is 11.4 Å². The van der Waals surface area contributed by atoms with Gasteiger partial charge in [0.2, 0.25) is 11.8 Å². The fraction of sp³-hybridized carbons (Fsp3) is 0.333. The van der Waals surface area contributed by atoms with Crippen LogP contribution in [-0.2, 0) is 22.4 Å². The van der Waals surface area contributed by atoms with E-state index >= 15 is 0 Å². The molecule has 2 aromatic carbocycles. The van der Waals surface area contributed by atoms with Gasteiger partial charge >= 0.3 is 0 Å². The van der Waals surface area contributed by atoms with Gasteiger partial charge in [0.15, 0.2) is 0 Å². The molecule has 5 heteroatoms. The second-order valence-electron chi connectivity index (χ2n) is 7.09. The Balaban J connectivity index is 1.71. The molecule has 0 spiro atoms. The summed E-state index contributed by atoms with van der Waals surface area (Å²) in [5.74, 6) is 0.507. The second kappa shape index (κ2) is 7.92. The van der Waals surface area contributed by atoms with Gasteiger partial charge in [0.25, 0.3) is 0 Å². The number of rotatable bonds is 5. The first-order chi connectivity index (χ1) is 12.4. The molecule has 4 nitrogen and oxygen atoms in total. The topological polar surface area (TPSA) is 49.4 Å². The fourth-order valence-electron chi connectivity index (χ4n) is 3.20. The summed E-state index contributed by atoms with van der Waals surface area (Å²) in [6, 6.07) is 13.0. The van der Waals surface area contributed by atoms with Gasteiger partial charge in [-0.2, -0.15) is 0 Å². The number of amides is 2. The molecule has 0 aliphatic carbocycles. The lowest BCUT2D eigenvalue weighted by Crippen LogP contribution is -2.37. The summed E-state index contributed by atoms with van der Waals surface area (Å²) < 4.78 is 0. The SMILES string of the molecule is CC(C)CN1C(=O)CCc2cc(NC(=O)Cc3ccc(Cl)cc3)ccc21. The van der Waals surface area contributed by atoms with Crippen LogP contribution in [0.2, 0.25) is 5.02 Å². The van der Waals surface area contributed by atoms with Crippen molar-refractivity contribution in [2.24, 2.45) is 5.92 Å². The number of hydrogen-bond donors (Lipinski definition) is 1. The number of benzene rings is 2. The smallest absolute Gasteiger partial charge is 0.228 e. The van der Waals surface area contributed by atoms with Gasteiger partial charge in [-0.25, -0.2) is 0 Å². The van der Waals surface area contributed by atoms with Crippen molar-refractivity contribution in [1.29, 1.82) is 0 Å². The minimum Gasteiger partial charge on any atom is -0.326 e. The first-order valence-electron chi connectivity index (χ1n) is 8.90. The summed E-state index contributed by atoms with van der Waals surface area (Å²) in [6.07, 6.45) is 1.53. The van der Waals surface area contributed by atoms with Crippen molar-refractivity contribution in [2.45, 2.75) is 33.1 Å². The maximum Gasteiger partial charge on any atom is 0.228 e. The van der Waals surface area contributed by atoms with Crippen molar-refractivity contribution in [3.63, 3.8) is 0 Å². The lowest BCUT2D eigenvalue weighted by molar-refractivity contribution is -0.119. The molecule has 1 aliphatic heterocycles. The van der Waals surface area contributed by atoms with E-state index in [9.17, 15) is 9.59 Å². The Labute approximate surface area is 159 Å². The third-order valence-corrected chi connectivity index (χ3v) is 4.64. The first-order valence-corrected chi connectivity index (χ1v) is 9.28. The highest BCUT2D eigenvalue weighted by molar-refractivity contribution is 6.30. The molecule has 0 unspecified atom stereocenters. The van der Waals surface area contributed by atoms with E-state index in [1.807, 2.05) is 35.2 Å². The highest BCUT2D eigenvalue weighted by atomic mass is 35.5. The number of hydrogen-bond acceptors (Lipinski definition) is 2. The van der Waals surface area contributed by atoms with Crippen LogP contribution >= 0.6 is 11.6 Å². The molecule has 26 heavy (non-hydrogen) atoms. The number of nitrogens with one attached hydrogen (secondary N) is 1. The van der Waals surface area contributed by atoms with Gasteiger partial charge in [-0.1, -0.05) is 37.6 Å². The minimum atomic E-state index is -0.0711. The average Bonchev–Trinajstić information content (AvgIpc) is 2.59. The normalized spacial score (nSPS) is 13.7. The Morgan fingerprint density at radius 2 is 1.88 bits per heavy atom. The van der Waals surface area contributed by atoms with Crippen LogP contribution in [0.25, 0.3) is 0 Å². The molecule has 136 valence electrons. The zero-order valence-electron chi connectivity index (χ0n) is 15.1. The molecule has 2 amide bonds. The molecule has 0 atom stereocenters. The zero-order valence-corrected chi connectivity index (χ0v) is 15.8. The molecule has 1 heterocycles. The maximum absolute atomic E-state index is 12.3. The summed E-state index contributed by atoms with van der Waals surface area (Å²) in [6.45, 7) is 4.92. The van der Waals surface area contributed by atoms with Gasteiger partial charge in [0, 0.05) is 29.4 Å². The summed E-state index contributed by atoms with van der Waals surface area (Å²) in [5, 5.41) is 3.60. The number of aryl methyl sites for hydroxylation is 1. The quantitative estimate of drug-likeness (QED) is 0.844. The Morgan fingerprint density at radius 3 is 2.58 bits per heavy atom. The molecule has 1 aliphatic rings. The monoisotopic (exact) mass is 370 g/mol. The maximum atomic E-state index is 12.3. The number of fused-ring (bicyclic) bond motifs is 1. The standard InChI is InChI=1S/C21H23ClN2O2/c1-14(2)13-24-19-9-8-18(12-16(19)5-10-21(24)26)23-20(25)11-15-3-6-17(22)7-4-15/h3-4,6-9,12,14H,5,10-11,13H2,1-2H3,(H,23,25). The van der Waals surface area contributed by atoms with Crippen LogP contribution < -0.4 is 10.2 Å². The van der Waals surface area contributed by atoms with Crippen molar-refractivity contribution in [2.75, 3.05) is 16.8 Å². The Bertz CT molecular complexity index is 815. The van der Waals surface area contributed by atoms with Gasteiger partial charge in [-0.15, -0.1) is 0 Å². The summed E-state index contributed by atoms with van der Waals surface area (Å²) >= 11 is 5.87.